The molecule has 2 atom stereocenters. The molecule has 1 aliphatic carbocycles. The number of hydrogen-bond acceptors (Lipinski definition) is 0. The molecule has 0 radical (unpaired) electrons. The van der Waals surface area contributed by atoms with E-state index >= 15 is 0 Å². The van der Waals surface area contributed by atoms with E-state index in [9.17, 15) is 4.39 Å². The summed E-state index contributed by atoms with van der Waals surface area (Å²) < 4.78 is 13.0. The topological polar surface area (TPSA) is 0 Å². The van der Waals surface area contributed by atoms with Crippen LogP contribution in [-0.4, -0.2) is 6.17 Å². The minimum absolute atomic E-state index is 0.284. The largest absolute Gasteiger partial charge is 0.247 e. The number of alkyl halides is 1. The third-order valence-electron chi connectivity index (χ3n) is 2.29. The van der Waals surface area contributed by atoms with Gasteiger partial charge in [0.25, 0.3) is 0 Å². The van der Waals surface area contributed by atoms with Crippen molar-refractivity contribution in [1.29, 1.82) is 0 Å². The fraction of sp³-hybridized carbons (Fsp3) is 0.778. The van der Waals surface area contributed by atoms with Crippen molar-refractivity contribution >= 4 is 0 Å². The van der Waals surface area contributed by atoms with Gasteiger partial charge in [0.05, 0.1) is 0 Å². The van der Waals surface area contributed by atoms with E-state index in [1.807, 2.05) is 6.08 Å². The van der Waals surface area contributed by atoms with Crippen LogP contribution >= 0.6 is 0 Å². The van der Waals surface area contributed by atoms with Crippen LogP contribution in [0.5, 0.6) is 0 Å². The monoisotopic (exact) mass is 142 g/mol. The van der Waals surface area contributed by atoms with Crippen LogP contribution in [0.15, 0.2) is 12.7 Å². The quantitative estimate of drug-likeness (QED) is 0.520. The van der Waals surface area contributed by atoms with Gasteiger partial charge in [-0.3, -0.25) is 0 Å². The molecule has 0 heterocycles. The highest BCUT2D eigenvalue weighted by molar-refractivity contribution is 4.81. The second kappa shape index (κ2) is 3.75. The molecule has 1 fully saturated rings. The summed E-state index contributed by atoms with van der Waals surface area (Å²) in [7, 11) is 0. The smallest absolute Gasteiger partial charge is 0.103 e. The van der Waals surface area contributed by atoms with Gasteiger partial charge in [-0.25, -0.2) is 4.39 Å². The Morgan fingerprint density at radius 1 is 1.40 bits per heavy atom. The molecular formula is C9H15F. The van der Waals surface area contributed by atoms with Gasteiger partial charge >= 0.3 is 0 Å². The Morgan fingerprint density at radius 3 is 2.70 bits per heavy atom. The zero-order valence-corrected chi connectivity index (χ0v) is 6.35. The van der Waals surface area contributed by atoms with Crippen molar-refractivity contribution in [1.82, 2.24) is 0 Å². The van der Waals surface area contributed by atoms with Crippen LogP contribution in [-0.2, 0) is 0 Å². The van der Waals surface area contributed by atoms with Gasteiger partial charge in [0.1, 0.15) is 6.17 Å². The highest BCUT2D eigenvalue weighted by atomic mass is 19.1. The van der Waals surface area contributed by atoms with Crippen molar-refractivity contribution in [3.05, 3.63) is 12.7 Å². The Labute approximate surface area is 62.1 Å². The van der Waals surface area contributed by atoms with Crippen LogP contribution in [0, 0.1) is 5.92 Å². The van der Waals surface area contributed by atoms with Crippen LogP contribution in [0.4, 0.5) is 4.39 Å². The standard InChI is InChI=1S/C9H15F/c1-2-5-8-6-3-4-7-9(8)10/h2,8-9H,1,3-7H2. The van der Waals surface area contributed by atoms with Gasteiger partial charge in [0.15, 0.2) is 0 Å². The number of hydrogen-bond donors (Lipinski definition) is 0. The normalized spacial score (nSPS) is 33.7. The summed E-state index contributed by atoms with van der Waals surface area (Å²) in [6.45, 7) is 3.62. The average Bonchev–Trinajstić information content (AvgIpc) is 1.94. The van der Waals surface area contributed by atoms with Crippen LogP contribution in [0.2, 0.25) is 0 Å². The van der Waals surface area contributed by atoms with E-state index in [1.165, 1.54) is 6.42 Å². The van der Waals surface area contributed by atoms with Crippen molar-refractivity contribution < 1.29 is 4.39 Å². The minimum Gasteiger partial charge on any atom is -0.247 e. The molecule has 1 aliphatic rings. The van der Waals surface area contributed by atoms with Crippen LogP contribution in [0.1, 0.15) is 32.1 Å². The van der Waals surface area contributed by atoms with Crippen molar-refractivity contribution in [2.24, 2.45) is 5.92 Å². The van der Waals surface area contributed by atoms with E-state index in [2.05, 4.69) is 6.58 Å². The minimum atomic E-state index is -0.549. The second-order valence-electron chi connectivity index (χ2n) is 3.08. The molecule has 58 valence electrons. The van der Waals surface area contributed by atoms with Crippen molar-refractivity contribution in [3.63, 3.8) is 0 Å². The summed E-state index contributed by atoms with van der Waals surface area (Å²) in [4.78, 5) is 0. The zero-order valence-electron chi connectivity index (χ0n) is 6.35. The lowest BCUT2D eigenvalue weighted by molar-refractivity contribution is 0.167. The molecule has 1 rings (SSSR count). The molecular weight excluding hydrogens is 127 g/mol. The molecule has 10 heavy (non-hydrogen) atoms. The zero-order chi connectivity index (χ0) is 7.40. The summed E-state index contributed by atoms with van der Waals surface area (Å²) in [5.41, 5.74) is 0. The first-order valence-corrected chi connectivity index (χ1v) is 4.09. The molecule has 0 aromatic heterocycles. The van der Waals surface area contributed by atoms with Gasteiger partial charge in [-0.05, 0) is 25.2 Å². The molecule has 0 amide bonds. The summed E-state index contributed by atoms with van der Waals surface area (Å²) in [6, 6.07) is 0. The molecule has 1 heteroatoms. The first-order valence-electron chi connectivity index (χ1n) is 4.09. The predicted molar refractivity (Wildman–Crippen MR) is 41.7 cm³/mol. The highest BCUT2D eigenvalue weighted by Gasteiger charge is 2.22. The van der Waals surface area contributed by atoms with Gasteiger partial charge in [-0.1, -0.05) is 18.9 Å². The Balaban J connectivity index is 2.32. The van der Waals surface area contributed by atoms with E-state index in [4.69, 9.17) is 0 Å². The maximum atomic E-state index is 13.0. The Bertz CT molecular complexity index is 109. The third kappa shape index (κ3) is 1.83. The lowest BCUT2D eigenvalue weighted by Crippen LogP contribution is -2.19. The summed E-state index contributed by atoms with van der Waals surface area (Å²) in [5.74, 6) is 0.284. The maximum absolute atomic E-state index is 13.0. The lowest BCUT2D eigenvalue weighted by atomic mass is 9.85. The molecule has 0 nitrogen and oxygen atoms in total. The van der Waals surface area contributed by atoms with Gasteiger partial charge in [-0.2, -0.15) is 0 Å². The fourth-order valence-corrected chi connectivity index (χ4v) is 1.64. The fourth-order valence-electron chi connectivity index (χ4n) is 1.64. The highest BCUT2D eigenvalue weighted by Crippen LogP contribution is 2.29. The summed E-state index contributed by atoms with van der Waals surface area (Å²) in [5, 5.41) is 0. The van der Waals surface area contributed by atoms with E-state index in [1.54, 1.807) is 0 Å². The van der Waals surface area contributed by atoms with Gasteiger partial charge in [0, 0.05) is 0 Å². The summed E-state index contributed by atoms with van der Waals surface area (Å²) in [6.07, 6.45) is 6.27. The van der Waals surface area contributed by atoms with E-state index < -0.39 is 6.17 Å². The van der Waals surface area contributed by atoms with Gasteiger partial charge in [0.2, 0.25) is 0 Å². The van der Waals surface area contributed by atoms with E-state index in [0.717, 1.165) is 25.7 Å². The van der Waals surface area contributed by atoms with E-state index in [-0.39, 0.29) is 5.92 Å². The average molecular weight is 142 g/mol. The Kier molecular flexibility index (Phi) is 2.91. The van der Waals surface area contributed by atoms with Gasteiger partial charge in [-0.15, -0.1) is 6.58 Å². The van der Waals surface area contributed by atoms with Gasteiger partial charge < -0.3 is 0 Å². The number of rotatable bonds is 2. The SMILES string of the molecule is C=CCC1CCCCC1F. The maximum Gasteiger partial charge on any atom is 0.103 e. The predicted octanol–water partition coefficient (Wildman–Crippen LogP) is 3.09. The molecule has 0 bridgehead atoms. The van der Waals surface area contributed by atoms with Crippen LogP contribution in [0.3, 0.4) is 0 Å². The van der Waals surface area contributed by atoms with Crippen molar-refractivity contribution in [3.8, 4) is 0 Å². The molecule has 0 aromatic carbocycles. The first kappa shape index (κ1) is 7.77. The molecule has 0 aromatic rings. The molecule has 0 saturated heterocycles. The molecule has 2 unspecified atom stereocenters. The Hall–Kier alpha value is -0.330. The van der Waals surface area contributed by atoms with Crippen LogP contribution < -0.4 is 0 Å². The second-order valence-corrected chi connectivity index (χ2v) is 3.08. The lowest BCUT2D eigenvalue weighted by Gasteiger charge is -2.24. The van der Waals surface area contributed by atoms with Crippen LogP contribution in [0.25, 0.3) is 0 Å². The Morgan fingerprint density at radius 2 is 2.10 bits per heavy atom. The molecule has 1 saturated carbocycles. The number of allylic oxidation sites excluding steroid dienone is 1. The molecule has 0 aliphatic heterocycles. The van der Waals surface area contributed by atoms with E-state index in [0.29, 0.717) is 0 Å². The molecule has 0 N–H and O–H groups in total. The third-order valence-corrected chi connectivity index (χ3v) is 2.29. The van der Waals surface area contributed by atoms with Crippen molar-refractivity contribution in [2.45, 2.75) is 38.3 Å². The summed E-state index contributed by atoms with van der Waals surface area (Å²) >= 11 is 0. The molecule has 0 spiro atoms. The first-order chi connectivity index (χ1) is 4.84. The van der Waals surface area contributed by atoms with Crippen molar-refractivity contribution in [2.75, 3.05) is 0 Å². The number of halogens is 1.